The minimum absolute atomic E-state index is 0. The number of hydrogen-bond acceptors (Lipinski definition) is 4. The molecule has 0 radical (unpaired) electrons. The molecule has 0 aliphatic heterocycles. The summed E-state index contributed by atoms with van der Waals surface area (Å²) < 4.78 is 0. The van der Waals surface area contributed by atoms with Crippen molar-refractivity contribution >= 4 is 59.7 Å². The SMILES string of the molecule is Cl.Cl.NC1CCC(C(=O)NCCNc2ncc(Cl)cc2Cl)C1. The van der Waals surface area contributed by atoms with Gasteiger partial charge in [-0.2, -0.15) is 0 Å². The van der Waals surface area contributed by atoms with Gasteiger partial charge in [0, 0.05) is 31.2 Å². The van der Waals surface area contributed by atoms with Crippen LogP contribution in [0.5, 0.6) is 0 Å². The van der Waals surface area contributed by atoms with E-state index < -0.39 is 0 Å². The van der Waals surface area contributed by atoms with Gasteiger partial charge in [-0.15, -0.1) is 24.8 Å². The summed E-state index contributed by atoms with van der Waals surface area (Å²) in [5.74, 6) is 0.699. The Morgan fingerprint density at radius 1 is 1.32 bits per heavy atom. The largest absolute Gasteiger partial charge is 0.367 e. The van der Waals surface area contributed by atoms with Crippen LogP contribution < -0.4 is 16.4 Å². The molecule has 0 saturated heterocycles. The van der Waals surface area contributed by atoms with E-state index >= 15 is 0 Å². The fourth-order valence-electron chi connectivity index (χ4n) is 2.31. The van der Waals surface area contributed by atoms with Crippen molar-refractivity contribution in [3.63, 3.8) is 0 Å². The Hall–Kier alpha value is -0.460. The summed E-state index contributed by atoms with van der Waals surface area (Å²) >= 11 is 11.7. The van der Waals surface area contributed by atoms with Crippen LogP contribution in [-0.2, 0) is 4.79 Å². The number of carbonyl (C=O) groups excluding carboxylic acids is 1. The van der Waals surface area contributed by atoms with E-state index in [1.54, 1.807) is 6.07 Å². The molecule has 0 spiro atoms. The van der Waals surface area contributed by atoms with E-state index in [1.165, 1.54) is 6.20 Å². The van der Waals surface area contributed by atoms with Gasteiger partial charge in [0.15, 0.2) is 0 Å². The van der Waals surface area contributed by atoms with E-state index in [4.69, 9.17) is 28.9 Å². The van der Waals surface area contributed by atoms with E-state index in [1.807, 2.05) is 0 Å². The van der Waals surface area contributed by atoms with E-state index in [9.17, 15) is 4.79 Å². The van der Waals surface area contributed by atoms with E-state index in [0.29, 0.717) is 29.0 Å². The molecule has 1 aliphatic rings. The summed E-state index contributed by atoms with van der Waals surface area (Å²) in [7, 11) is 0. The van der Waals surface area contributed by atoms with Gasteiger partial charge in [0.2, 0.25) is 5.91 Å². The molecule has 1 amide bonds. The summed E-state index contributed by atoms with van der Waals surface area (Å²) in [4.78, 5) is 15.9. The van der Waals surface area contributed by atoms with Crippen molar-refractivity contribution < 1.29 is 4.79 Å². The Balaban J connectivity index is 0.00000220. The number of rotatable bonds is 5. The van der Waals surface area contributed by atoms with Crippen LogP contribution in [0.2, 0.25) is 10.0 Å². The van der Waals surface area contributed by atoms with Gasteiger partial charge in [0.1, 0.15) is 5.82 Å². The van der Waals surface area contributed by atoms with E-state index in [0.717, 1.165) is 19.3 Å². The molecule has 2 unspecified atom stereocenters. The number of nitrogens with two attached hydrogens (primary N) is 1. The average Bonchev–Trinajstić information content (AvgIpc) is 2.83. The molecule has 1 saturated carbocycles. The number of anilines is 1. The normalized spacial score (nSPS) is 19.8. The van der Waals surface area contributed by atoms with E-state index in [2.05, 4.69) is 15.6 Å². The Kier molecular flexibility index (Phi) is 10.1. The van der Waals surface area contributed by atoms with Crippen LogP contribution in [0.3, 0.4) is 0 Å². The third-order valence-corrected chi connectivity index (χ3v) is 3.86. The zero-order chi connectivity index (χ0) is 14.5. The lowest BCUT2D eigenvalue weighted by molar-refractivity contribution is -0.124. The maximum atomic E-state index is 11.9. The molecule has 1 aliphatic carbocycles. The zero-order valence-electron chi connectivity index (χ0n) is 11.9. The van der Waals surface area contributed by atoms with E-state index in [-0.39, 0.29) is 42.7 Å². The quantitative estimate of drug-likeness (QED) is 0.676. The van der Waals surface area contributed by atoms with Crippen molar-refractivity contribution in [3.8, 4) is 0 Å². The maximum absolute atomic E-state index is 11.9. The molecule has 5 nitrogen and oxygen atoms in total. The van der Waals surface area contributed by atoms with Crippen LogP contribution in [0.4, 0.5) is 5.82 Å². The summed E-state index contributed by atoms with van der Waals surface area (Å²) in [5.41, 5.74) is 5.80. The lowest BCUT2D eigenvalue weighted by Gasteiger charge is -2.12. The van der Waals surface area contributed by atoms with Gasteiger partial charge in [-0.3, -0.25) is 4.79 Å². The Morgan fingerprint density at radius 3 is 2.64 bits per heavy atom. The monoisotopic (exact) mass is 388 g/mol. The fourth-order valence-corrected chi connectivity index (χ4v) is 2.76. The van der Waals surface area contributed by atoms with Gasteiger partial charge in [-0.05, 0) is 25.3 Å². The summed E-state index contributed by atoms with van der Waals surface area (Å²) in [6.45, 7) is 1.07. The van der Waals surface area contributed by atoms with Gasteiger partial charge in [0.25, 0.3) is 0 Å². The number of amides is 1. The molecule has 4 N–H and O–H groups in total. The summed E-state index contributed by atoms with van der Waals surface area (Å²) in [5, 5.41) is 6.90. The van der Waals surface area contributed by atoms with Gasteiger partial charge in [0.05, 0.1) is 10.0 Å². The molecule has 9 heteroatoms. The van der Waals surface area contributed by atoms with Gasteiger partial charge >= 0.3 is 0 Å². The molecule has 1 aromatic heterocycles. The van der Waals surface area contributed by atoms with Crippen LogP contribution in [0.1, 0.15) is 19.3 Å². The molecule has 1 heterocycles. The second kappa shape index (κ2) is 10.3. The smallest absolute Gasteiger partial charge is 0.223 e. The molecule has 0 aromatic carbocycles. The second-order valence-corrected chi connectivity index (χ2v) is 5.82. The highest BCUT2D eigenvalue weighted by atomic mass is 35.5. The third-order valence-electron chi connectivity index (χ3n) is 3.37. The molecular weight excluding hydrogens is 370 g/mol. The first-order valence-electron chi connectivity index (χ1n) is 6.64. The number of hydrogen-bond donors (Lipinski definition) is 3. The molecule has 0 bridgehead atoms. The first kappa shape index (κ1) is 21.5. The van der Waals surface area contributed by atoms with Crippen molar-refractivity contribution in [2.45, 2.75) is 25.3 Å². The number of aromatic nitrogens is 1. The average molecular weight is 390 g/mol. The van der Waals surface area contributed by atoms with Crippen molar-refractivity contribution in [1.82, 2.24) is 10.3 Å². The Bertz CT molecular complexity index is 489. The van der Waals surface area contributed by atoms with Crippen molar-refractivity contribution in [1.29, 1.82) is 0 Å². The van der Waals surface area contributed by atoms with Crippen LogP contribution >= 0.6 is 48.0 Å². The van der Waals surface area contributed by atoms with Crippen molar-refractivity contribution in [2.75, 3.05) is 18.4 Å². The highest BCUT2D eigenvalue weighted by Gasteiger charge is 2.27. The zero-order valence-corrected chi connectivity index (χ0v) is 15.0. The molecule has 2 rings (SSSR count). The highest BCUT2D eigenvalue weighted by molar-refractivity contribution is 6.35. The number of halogens is 4. The van der Waals surface area contributed by atoms with Gasteiger partial charge < -0.3 is 16.4 Å². The fraction of sp³-hybridized carbons (Fsp3) is 0.538. The standard InChI is InChI=1S/C13H18Cl2N4O.2ClH/c14-9-6-11(15)12(19-7-9)17-3-4-18-13(20)8-1-2-10(16)5-8;;/h6-8,10H,1-5,16H2,(H,17,19)(H,18,20);2*1H. The second-order valence-electron chi connectivity index (χ2n) is 4.97. The van der Waals surface area contributed by atoms with Crippen molar-refractivity contribution in [3.05, 3.63) is 22.3 Å². The predicted molar refractivity (Wildman–Crippen MR) is 95.6 cm³/mol. The number of pyridine rings is 1. The molecule has 126 valence electrons. The van der Waals surface area contributed by atoms with Gasteiger partial charge in [-0.1, -0.05) is 23.2 Å². The first-order chi connectivity index (χ1) is 9.56. The van der Waals surface area contributed by atoms with Crippen molar-refractivity contribution in [2.24, 2.45) is 11.7 Å². The third kappa shape index (κ3) is 6.34. The minimum atomic E-state index is 0. The van der Waals surface area contributed by atoms with Gasteiger partial charge in [-0.25, -0.2) is 4.98 Å². The Labute approximate surface area is 152 Å². The lowest BCUT2D eigenvalue weighted by Crippen LogP contribution is -2.33. The maximum Gasteiger partial charge on any atom is 0.223 e. The first-order valence-corrected chi connectivity index (χ1v) is 7.40. The highest BCUT2D eigenvalue weighted by Crippen LogP contribution is 2.24. The summed E-state index contributed by atoms with van der Waals surface area (Å²) in [6.07, 6.45) is 4.11. The Morgan fingerprint density at radius 2 is 2.05 bits per heavy atom. The molecule has 2 atom stereocenters. The topological polar surface area (TPSA) is 80.0 Å². The number of nitrogens with one attached hydrogen (secondary N) is 2. The minimum Gasteiger partial charge on any atom is -0.367 e. The molecule has 1 fully saturated rings. The van der Waals surface area contributed by atoms with Crippen LogP contribution in [0, 0.1) is 5.92 Å². The predicted octanol–water partition coefficient (Wildman–Crippen LogP) is 2.89. The number of carbonyl (C=O) groups is 1. The molecular formula is C13H20Cl4N4O. The summed E-state index contributed by atoms with van der Waals surface area (Å²) in [6, 6.07) is 1.79. The van der Waals surface area contributed by atoms with Crippen LogP contribution in [0.15, 0.2) is 12.3 Å². The lowest BCUT2D eigenvalue weighted by atomic mass is 10.1. The van der Waals surface area contributed by atoms with Crippen LogP contribution in [0.25, 0.3) is 0 Å². The molecule has 22 heavy (non-hydrogen) atoms. The van der Waals surface area contributed by atoms with Crippen LogP contribution in [-0.4, -0.2) is 30.0 Å². The molecule has 1 aromatic rings. The number of nitrogens with zero attached hydrogens (tertiary/aromatic N) is 1.